The molecule has 0 spiro atoms. The molecule has 2 aliphatic rings. The number of carbonyl (C=O) groups excluding carboxylic acids is 2. The lowest BCUT2D eigenvalue weighted by molar-refractivity contribution is -0.133. The molecule has 0 aromatic heterocycles. The highest BCUT2D eigenvalue weighted by Crippen LogP contribution is 2.35. The van der Waals surface area contributed by atoms with Crippen LogP contribution in [0.3, 0.4) is 0 Å². The van der Waals surface area contributed by atoms with Gasteiger partial charge in [0.05, 0.1) is 22.2 Å². The first-order valence-electron chi connectivity index (χ1n) is 10.7. The lowest BCUT2D eigenvalue weighted by atomic mass is 10.1. The van der Waals surface area contributed by atoms with Crippen LogP contribution in [-0.2, 0) is 19.6 Å². The molecule has 0 saturated carbocycles. The van der Waals surface area contributed by atoms with Crippen LogP contribution in [0.15, 0.2) is 46.2 Å². The number of amides is 2. The number of likely N-dealkylation sites (tertiary alicyclic amines) is 1. The molecule has 0 bridgehead atoms. The van der Waals surface area contributed by atoms with Crippen molar-refractivity contribution in [2.75, 3.05) is 28.9 Å². The minimum absolute atomic E-state index is 0.00939. The number of nitrogens with zero attached hydrogens (tertiary/aromatic N) is 1. The normalized spacial score (nSPS) is 18.6. The molecule has 1 fully saturated rings. The van der Waals surface area contributed by atoms with E-state index in [1.54, 1.807) is 18.2 Å². The van der Waals surface area contributed by atoms with Crippen molar-refractivity contribution in [2.24, 2.45) is 5.92 Å². The number of sulfonamides is 1. The SMILES string of the molecule is Cc1ccc(NS(=O)(=O)c2ccc3c(c2)NC(=O)[C@@H](CC(=O)N2CCCC2)CS3)c(C)c1. The molecule has 2 aliphatic heterocycles. The first-order valence-corrected chi connectivity index (χ1v) is 13.2. The Morgan fingerprint density at radius 2 is 1.91 bits per heavy atom. The fourth-order valence-electron chi connectivity index (χ4n) is 3.99. The van der Waals surface area contributed by atoms with Gasteiger partial charge >= 0.3 is 0 Å². The second-order valence-electron chi connectivity index (χ2n) is 8.37. The van der Waals surface area contributed by atoms with E-state index in [0.717, 1.165) is 42.0 Å². The molecule has 2 heterocycles. The van der Waals surface area contributed by atoms with Crippen LogP contribution in [0.25, 0.3) is 0 Å². The molecule has 2 amide bonds. The Hall–Kier alpha value is -2.52. The molecule has 9 heteroatoms. The van der Waals surface area contributed by atoms with Gasteiger partial charge in [0, 0.05) is 30.2 Å². The van der Waals surface area contributed by atoms with Crippen molar-refractivity contribution in [3.8, 4) is 0 Å². The maximum Gasteiger partial charge on any atom is 0.261 e. The number of thioether (sulfide) groups is 1. The Balaban J connectivity index is 1.50. The second-order valence-corrected chi connectivity index (χ2v) is 11.1. The number of anilines is 2. The molecule has 2 aromatic rings. The van der Waals surface area contributed by atoms with Crippen molar-refractivity contribution >= 4 is 45.0 Å². The van der Waals surface area contributed by atoms with Crippen LogP contribution in [0.5, 0.6) is 0 Å². The van der Waals surface area contributed by atoms with Gasteiger partial charge in [0.25, 0.3) is 10.0 Å². The van der Waals surface area contributed by atoms with Gasteiger partial charge in [0.1, 0.15) is 0 Å². The molecule has 2 aromatic carbocycles. The fraction of sp³-hybridized carbons (Fsp3) is 0.391. The van der Waals surface area contributed by atoms with Crippen molar-refractivity contribution in [1.82, 2.24) is 4.90 Å². The van der Waals surface area contributed by atoms with E-state index in [1.165, 1.54) is 17.8 Å². The number of aryl methyl sites for hydroxylation is 2. The fourth-order valence-corrected chi connectivity index (χ4v) is 6.23. The Morgan fingerprint density at radius 3 is 2.62 bits per heavy atom. The molecule has 0 aliphatic carbocycles. The summed E-state index contributed by atoms with van der Waals surface area (Å²) in [6.07, 6.45) is 2.19. The molecule has 7 nitrogen and oxygen atoms in total. The summed E-state index contributed by atoms with van der Waals surface area (Å²) in [7, 11) is -3.83. The van der Waals surface area contributed by atoms with E-state index in [-0.39, 0.29) is 23.1 Å². The minimum Gasteiger partial charge on any atom is -0.343 e. The Bertz CT molecular complexity index is 1160. The minimum atomic E-state index is -3.83. The van der Waals surface area contributed by atoms with Gasteiger partial charge in [-0.2, -0.15) is 0 Å². The monoisotopic (exact) mass is 473 g/mol. The predicted octanol–water partition coefficient (Wildman–Crippen LogP) is 3.78. The molecule has 0 radical (unpaired) electrons. The number of fused-ring (bicyclic) bond motifs is 1. The molecular weight excluding hydrogens is 446 g/mol. The summed E-state index contributed by atoms with van der Waals surface area (Å²) in [5.41, 5.74) is 2.86. The molecule has 4 rings (SSSR count). The van der Waals surface area contributed by atoms with Crippen LogP contribution in [0, 0.1) is 19.8 Å². The summed E-state index contributed by atoms with van der Waals surface area (Å²) in [5, 5.41) is 2.84. The molecule has 32 heavy (non-hydrogen) atoms. The standard InChI is InChI=1S/C23H27N3O4S2/c1-15-5-7-19(16(2)11-15)25-32(29,30)18-6-8-21-20(13-18)24-23(28)17(14-31-21)12-22(27)26-9-3-4-10-26/h5-8,11,13,17,25H,3-4,9-10,12,14H2,1-2H3,(H,24,28)/t17-/m0/s1. The molecule has 2 N–H and O–H groups in total. The lowest BCUT2D eigenvalue weighted by Crippen LogP contribution is -2.33. The van der Waals surface area contributed by atoms with Crippen LogP contribution < -0.4 is 10.0 Å². The van der Waals surface area contributed by atoms with Crippen molar-refractivity contribution in [3.63, 3.8) is 0 Å². The number of rotatable bonds is 5. The topological polar surface area (TPSA) is 95.6 Å². The van der Waals surface area contributed by atoms with Crippen molar-refractivity contribution < 1.29 is 18.0 Å². The lowest BCUT2D eigenvalue weighted by Gasteiger charge is -2.18. The third kappa shape index (κ3) is 4.94. The van der Waals surface area contributed by atoms with Gasteiger partial charge in [-0.05, 0) is 56.5 Å². The van der Waals surface area contributed by atoms with E-state index in [0.29, 0.717) is 17.1 Å². The third-order valence-electron chi connectivity index (χ3n) is 5.84. The van der Waals surface area contributed by atoms with Crippen molar-refractivity contribution in [2.45, 2.75) is 42.9 Å². The number of hydrogen-bond acceptors (Lipinski definition) is 5. The van der Waals surface area contributed by atoms with Crippen LogP contribution in [0.4, 0.5) is 11.4 Å². The van der Waals surface area contributed by atoms with Gasteiger partial charge in [0.15, 0.2) is 0 Å². The van der Waals surface area contributed by atoms with E-state index in [4.69, 9.17) is 0 Å². The van der Waals surface area contributed by atoms with E-state index in [9.17, 15) is 18.0 Å². The number of nitrogens with one attached hydrogen (secondary N) is 2. The van der Waals surface area contributed by atoms with Gasteiger partial charge in [-0.1, -0.05) is 17.7 Å². The molecule has 1 saturated heterocycles. The number of hydrogen-bond donors (Lipinski definition) is 2. The predicted molar refractivity (Wildman–Crippen MR) is 126 cm³/mol. The van der Waals surface area contributed by atoms with Crippen LogP contribution in [-0.4, -0.2) is 44.0 Å². The zero-order valence-corrected chi connectivity index (χ0v) is 19.8. The average Bonchev–Trinajstić information content (AvgIpc) is 3.23. The van der Waals surface area contributed by atoms with Gasteiger partial charge in [-0.15, -0.1) is 11.8 Å². The van der Waals surface area contributed by atoms with Gasteiger partial charge in [-0.25, -0.2) is 8.42 Å². The highest BCUT2D eigenvalue weighted by Gasteiger charge is 2.30. The molecular formula is C23H27N3O4S2. The molecule has 0 unspecified atom stereocenters. The van der Waals surface area contributed by atoms with E-state index >= 15 is 0 Å². The van der Waals surface area contributed by atoms with Gasteiger partial charge in [0.2, 0.25) is 11.8 Å². The van der Waals surface area contributed by atoms with Crippen molar-refractivity contribution in [1.29, 1.82) is 0 Å². The highest BCUT2D eigenvalue weighted by molar-refractivity contribution is 7.99. The number of carbonyl (C=O) groups is 2. The maximum absolute atomic E-state index is 13.0. The van der Waals surface area contributed by atoms with Crippen LogP contribution >= 0.6 is 11.8 Å². The quantitative estimate of drug-likeness (QED) is 0.689. The first-order chi connectivity index (χ1) is 15.2. The van der Waals surface area contributed by atoms with Gasteiger partial charge < -0.3 is 10.2 Å². The summed E-state index contributed by atoms with van der Waals surface area (Å²) in [6, 6.07) is 10.2. The third-order valence-corrected chi connectivity index (χ3v) is 8.44. The van der Waals surface area contributed by atoms with E-state index in [1.807, 2.05) is 30.9 Å². The maximum atomic E-state index is 13.0. The zero-order chi connectivity index (χ0) is 22.9. The largest absolute Gasteiger partial charge is 0.343 e. The van der Waals surface area contributed by atoms with Crippen molar-refractivity contribution in [3.05, 3.63) is 47.5 Å². The summed E-state index contributed by atoms with van der Waals surface area (Å²) in [4.78, 5) is 28.0. The molecule has 1 atom stereocenters. The average molecular weight is 474 g/mol. The smallest absolute Gasteiger partial charge is 0.261 e. The molecule has 170 valence electrons. The van der Waals surface area contributed by atoms with E-state index in [2.05, 4.69) is 10.0 Å². The van der Waals surface area contributed by atoms with Crippen LogP contribution in [0.1, 0.15) is 30.4 Å². The Labute approximate surface area is 193 Å². The Morgan fingerprint density at radius 1 is 1.16 bits per heavy atom. The first kappa shape index (κ1) is 22.7. The van der Waals surface area contributed by atoms with Gasteiger partial charge in [-0.3, -0.25) is 14.3 Å². The summed E-state index contributed by atoms with van der Waals surface area (Å²) < 4.78 is 28.6. The Kier molecular flexibility index (Phi) is 6.48. The van der Waals surface area contributed by atoms with E-state index < -0.39 is 15.9 Å². The van der Waals surface area contributed by atoms with Crippen LogP contribution in [0.2, 0.25) is 0 Å². The summed E-state index contributed by atoms with van der Waals surface area (Å²) in [6.45, 7) is 5.32. The summed E-state index contributed by atoms with van der Waals surface area (Å²) >= 11 is 1.46. The second kappa shape index (κ2) is 9.15. The number of benzene rings is 2. The summed E-state index contributed by atoms with van der Waals surface area (Å²) in [5.74, 6) is -0.213. The zero-order valence-electron chi connectivity index (χ0n) is 18.2. The highest BCUT2D eigenvalue weighted by atomic mass is 32.2.